The minimum absolute atomic E-state index is 0.156. The maximum Gasteiger partial charge on any atom is 0.416 e. The minimum atomic E-state index is -4.43. The second kappa shape index (κ2) is 9.46. The Morgan fingerprint density at radius 1 is 1.16 bits per heavy atom. The summed E-state index contributed by atoms with van der Waals surface area (Å²) in [5.74, 6) is -1.28. The number of aryl methyl sites for hydroxylation is 1. The van der Waals surface area contributed by atoms with Crippen LogP contribution in [0.3, 0.4) is 0 Å². The molecule has 0 spiro atoms. The van der Waals surface area contributed by atoms with Gasteiger partial charge in [-0.2, -0.15) is 13.2 Å². The number of amides is 1. The molecular weight excluding hydrogens is 427 g/mol. The van der Waals surface area contributed by atoms with Crippen LogP contribution in [0.15, 0.2) is 24.3 Å². The number of hydrogen-bond acceptors (Lipinski definition) is 5. The number of Topliss-reactive ketones (excluding diaryl/α,β-unsaturated/α-hetero) is 1. The van der Waals surface area contributed by atoms with Crippen LogP contribution in [0.25, 0.3) is 0 Å². The van der Waals surface area contributed by atoms with Crippen LogP contribution in [0.5, 0.6) is 0 Å². The van der Waals surface area contributed by atoms with Crippen LogP contribution in [0.4, 0.5) is 18.9 Å². The molecule has 1 saturated heterocycles. The third-order valence-corrected chi connectivity index (χ3v) is 5.61. The van der Waals surface area contributed by atoms with Crippen molar-refractivity contribution in [2.24, 2.45) is 0 Å². The fourth-order valence-corrected chi connectivity index (χ4v) is 3.91. The highest BCUT2D eigenvalue weighted by molar-refractivity contribution is 6.43. The Kier molecular flexibility index (Phi) is 6.90. The number of rotatable bonds is 7. The van der Waals surface area contributed by atoms with Gasteiger partial charge in [-0.1, -0.05) is 6.07 Å². The largest absolute Gasteiger partial charge is 0.467 e. The number of carbonyl (C=O) groups is 3. The number of ketones is 1. The maximum atomic E-state index is 13.0. The number of nitrogens with zero attached hydrogens (tertiary/aromatic N) is 2. The molecule has 2 aromatic rings. The Hall–Kier alpha value is -3.30. The molecular formula is C22H24F3N3O4. The van der Waals surface area contributed by atoms with Crippen molar-refractivity contribution < 1.29 is 32.3 Å². The second-order valence-corrected chi connectivity index (χ2v) is 7.60. The first-order valence-corrected chi connectivity index (χ1v) is 10.1. The van der Waals surface area contributed by atoms with Gasteiger partial charge in [0.25, 0.3) is 18.2 Å². The third kappa shape index (κ3) is 4.95. The zero-order valence-corrected chi connectivity index (χ0v) is 17.8. The number of anilines is 1. The molecule has 1 aromatic heterocycles. The van der Waals surface area contributed by atoms with Crippen molar-refractivity contribution in [3.63, 3.8) is 0 Å². The Bertz CT molecular complexity index is 1010. The molecule has 1 N–H and O–H groups in total. The molecule has 0 unspecified atom stereocenters. The Morgan fingerprint density at radius 3 is 2.47 bits per heavy atom. The summed E-state index contributed by atoms with van der Waals surface area (Å²) in [5, 5.41) is 0. The van der Waals surface area contributed by atoms with E-state index in [1.54, 1.807) is 24.8 Å². The van der Waals surface area contributed by atoms with Gasteiger partial charge in [-0.3, -0.25) is 14.4 Å². The van der Waals surface area contributed by atoms with Gasteiger partial charge in [0, 0.05) is 49.7 Å². The molecule has 1 aromatic carbocycles. The maximum absolute atomic E-state index is 13.0. The molecule has 7 nitrogen and oxygen atoms in total. The molecule has 2 heterocycles. The number of aromatic amines is 1. The first-order chi connectivity index (χ1) is 15.1. The molecule has 1 amide bonds. The zero-order valence-electron chi connectivity index (χ0n) is 17.8. The van der Waals surface area contributed by atoms with Crippen molar-refractivity contribution in [3.05, 3.63) is 52.3 Å². The second-order valence-electron chi connectivity index (χ2n) is 7.60. The summed E-state index contributed by atoms with van der Waals surface area (Å²) in [6, 6.07) is 5.06. The first-order valence-electron chi connectivity index (χ1n) is 10.1. The van der Waals surface area contributed by atoms with E-state index in [9.17, 15) is 27.6 Å². The van der Waals surface area contributed by atoms with Crippen LogP contribution in [0.2, 0.25) is 0 Å². The number of aromatic nitrogens is 1. The Balaban J connectivity index is 1.66. The van der Waals surface area contributed by atoms with Crippen LogP contribution in [-0.2, 0) is 26.9 Å². The minimum Gasteiger partial charge on any atom is -0.467 e. The highest BCUT2D eigenvalue weighted by Gasteiger charge is 2.32. The summed E-state index contributed by atoms with van der Waals surface area (Å²) in [5.41, 5.74) is 1.92. The average molecular weight is 451 g/mol. The molecule has 1 aliphatic rings. The predicted octanol–water partition coefficient (Wildman–Crippen LogP) is 2.90. The van der Waals surface area contributed by atoms with Crippen LogP contribution >= 0.6 is 0 Å². The normalized spacial score (nSPS) is 14.4. The van der Waals surface area contributed by atoms with Gasteiger partial charge in [0.2, 0.25) is 0 Å². The van der Waals surface area contributed by atoms with Gasteiger partial charge in [-0.15, -0.1) is 0 Å². The number of hydrogen-bond donors (Lipinski definition) is 1. The van der Waals surface area contributed by atoms with Crippen LogP contribution in [0.1, 0.15) is 32.9 Å². The van der Waals surface area contributed by atoms with Crippen molar-refractivity contribution in [2.75, 3.05) is 37.7 Å². The molecule has 0 atom stereocenters. The molecule has 172 valence electrons. The van der Waals surface area contributed by atoms with E-state index in [0.29, 0.717) is 48.5 Å². The molecule has 32 heavy (non-hydrogen) atoms. The Morgan fingerprint density at radius 2 is 1.84 bits per heavy atom. The van der Waals surface area contributed by atoms with E-state index in [2.05, 4.69) is 9.72 Å². The summed E-state index contributed by atoms with van der Waals surface area (Å²) >= 11 is 0. The van der Waals surface area contributed by atoms with Crippen LogP contribution in [0, 0.1) is 13.8 Å². The quantitative estimate of drug-likeness (QED) is 0.303. The van der Waals surface area contributed by atoms with E-state index >= 15 is 0 Å². The topological polar surface area (TPSA) is 82.7 Å². The van der Waals surface area contributed by atoms with E-state index in [4.69, 9.17) is 0 Å². The lowest BCUT2D eigenvalue weighted by Gasteiger charge is -2.36. The molecule has 0 aliphatic carbocycles. The lowest BCUT2D eigenvalue weighted by molar-refractivity contribution is -0.137. The molecule has 0 radical (unpaired) electrons. The summed E-state index contributed by atoms with van der Waals surface area (Å²) in [4.78, 5) is 42.3. The van der Waals surface area contributed by atoms with Gasteiger partial charge in [0.1, 0.15) is 0 Å². The first kappa shape index (κ1) is 23.4. The van der Waals surface area contributed by atoms with Crippen molar-refractivity contribution in [1.82, 2.24) is 9.88 Å². The monoisotopic (exact) mass is 451 g/mol. The SMILES string of the molecule is Cc1[nH]c(CCOC=O)c(C)c1C(=O)C(=O)N1CCN(c2cccc(C(F)(F)F)c2)CC1. The number of piperazine rings is 1. The van der Waals surface area contributed by atoms with Gasteiger partial charge in [0.05, 0.1) is 17.7 Å². The summed E-state index contributed by atoms with van der Waals surface area (Å²) < 4.78 is 43.6. The number of alkyl halides is 3. The molecule has 0 saturated carbocycles. The van der Waals surface area contributed by atoms with E-state index in [1.165, 1.54) is 11.0 Å². The van der Waals surface area contributed by atoms with Gasteiger partial charge in [0.15, 0.2) is 0 Å². The van der Waals surface area contributed by atoms with E-state index < -0.39 is 23.4 Å². The molecule has 0 bridgehead atoms. The standard InChI is InChI=1S/C22H24F3N3O4/c1-14-18(6-11-32-13-29)26-15(2)19(14)20(30)21(31)28-9-7-27(8-10-28)17-5-3-4-16(12-17)22(23,24)25/h3-5,12-13,26H,6-11H2,1-2H3. The van der Waals surface area contributed by atoms with Gasteiger partial charge in [-0.25, -0.2) is 0 Å². The number of carbonyl (C=O) groups excluding carboxylic acids is 3. The van der Waals surface area contributed by atoms with Gasteiger partial charge in [-0.05, 0) is 37.6 Å². The number of halogens is 3. The average Bonchev–Trinajstić information content (AvgIpc) is 3.05. The van der Waals surface area contributed by atoms with Gasteiger partial charge < -0.3 is 19.5 Å². The lowest BCUT2D eigenvalue weighted by Crippen LogP contribution is -2.50. The fraction of sp³-hybridized carbons (Fsp3) is 0.409. The number of H-pyrrole nitrogens is 1. The Labute approximate surface area is 183 Å². The van der Waals surface area contributed by atoms with Crippen LogP contribution < -0.4 is 4.90 Å². The number of nitrogens with one attached hydrogen (secondary N) is 1. The summed E-state index contributed by atoms with van der Waals surface area (Å²) in [6.45, 7) is 5.02. The zero-order chi connectivity index (χ0) is 23.5. The fourth-order valence-electron chi connectivity index (χ4n) is 3.91. The highest BCUT2D eigenvalue weighted by atomic mass is 19.4. The van der Waals surface area contributed by atoms with Crippen molar-refractivity contribution in [1.29, 1.82) is 0 Å². The lowest BCUT2D eigenvalue weighted by atomic mass is 10.0. The molecule has 1 aliphatic heterocycles. The van der Waals surface area contributed by atoms with E-state index in [-0.39, 0.29) is 19.7 Å². The van der Waals surface area contributed by atoms with E-state index in [0.717, 1.165) is 17.8 Å². The highest BCUT2D eigenvalue weighted by Crippen LogP contribution is 2.32. The summed E-state index contributed by atoms with van der Waals surface area (Å²) in [6.07, 6.45) is -4.03. The van der Waals surface area contributed by atoms with Crippen molar-refractivity contribution in [2.45, 2.75) is 26.4 Å². The third-order valence-electron chi connectivity index (χ3n) is 5.61. The number of benzene rings is 1. The molecule has 1 fully saturated rings. The van der Waals surface area contributed by atoms with Crippen molar-refractivity contribution in [3.8, 4) is 0 Å². The smallest absolute Gasteiger partial charge is 0.416 e. The van der Waals surface area contributed by atoms with E-state index in [1.807, 2.05) is 0 Å². The number of ether oxygens (including phenoxy) is 1. The molecule has 10 heteroatoms. The summed E-state index contributed by atoms with van der Waals surface area (Å²) in [7, 11) is 0. The van der Waals surface area contributed by atoms with Gasteiger partial charge >= 0.3 is 6.18 Å². The van der Waals surface area contributed by atoms with Crippen molar-refractivity contribution >= 4 is 23.9 Å². The van der Waals surface area contributed by atoms with Crippen LogP contribution in [-0.4, -0.2) is 60.8 Å². The molecule has 3 rings (SSSR count). The predicted molar refractivity (Wildman–Crippen MR) is 111 cm³/mol.